The number of amides is 1. The second kappa shape index (κ2) is 8.18. The van der Waals surface area contributed by atoms with Crippen molar-refractivity contribution in [3.05, 3.63) is 58.6 Å². The van der Waals surface area contributed by atoms with Crippen molar-refractivity contribution in [1.29, 1.82) is 0 Å². The van der Waals surface area contributed by atoms with Crippen LogP contribution in [0.25, 0.3) is 0 Å². The van der Waals surface area contributed by atoms with Crippen LogP contribution in [-0.2, 0) is 17.4 Å². The van der Waals surface area contributed by atoms with Crippen LogP contribution in [0.4, 0.5) is 24.5 Å². The first kappa shape index (κ1) is 21.4. The van der Waals surface area contributed by atoms with Crippen molar-refractivity contribution in [2.24, 2.45) is 11.8 Å². The summed E-state index contributed by atoms with van der Waals surface area (Å²) in [5, 5.41) is 3.71. The van der Waals surface area contributed by atoms with Gasteiger partial charge < -0.3 is 15.1 Å². The highest BCUT2D eigenvalue weighted by molar-refractivity contribution is 6.30. The van der Waals surface area contributed by atoms with Crippen LogP contribution in [-0.4, -0.2) is 38.1 Å². The molecule has 32 heavy (non-hydrogen) atoms. The van der Waals surface area contributed by atoms with Gasteiger partial charge in [0.15, 0.2) is 0 Å². The van der Waals surface area contributed by atoms with Crippen LogP contribution in [0.15, 0.2) is 42.5 Å². The van der Waals surface area contributed by atoms with E-state index in [1.54, 1.807) is 6.07 Å². The average molecular weight is 464 g/mol. The first-order chi connectivity index (χ1) is 15.3. The highest BCUT2D eigenvalue weighted by atomic mass is 35.5. The predicted octanol–water partition coefficient (Wildman–Crippen LogP) is 4.75. The minimum absolute atomic E-state index is 0.0668. The summed E-state index contributed by atoms with van der Waals surface area (Å²) < 4.78 is 40.0. The Hall–Kier alpha value is -2.41. The van der Waals surface area contributed by atoms with Crippen LogP contribution in [0.2, 0.25) is 5.02 Å². The fourth-order valence-corrected chi connectivity index (χ4v) is 5.09. The van der Waals surface area contributed by atoms with Crippen LogP contribution >= 0.6 is 11.6 Å². The van der Waals surface area contributed by atoms with Gasteiger partial charge in [-0.25, -0.2) is 0 Å². The molecule has 2 heterocycles. The summed E-state index contributed by atoms with van der Waals surface area (Å²) in [7, 11) is 0. The number of nitrogens with one attached hydrogen (secondary N) is 1. The number of carbonyl (C=O) groups is 1. The normalized spacial score (nSPS) is 22.9. The van der Waals surface area contributed by atoms with E-state index >= 15 is 0 Å². The lowest BCUT2D eigenvalue weighted by molar-refractivity contribution is -0.137. The van der Waals surface area contributed by atoms with E-state index < -0.39 is 17.7 Å². The minimum Gasteiger partial charge on any atom is -0.368 e. The second-order valence-corrected chi connectivity index (χ2v) is 9.46. The molecule has 8 heteroatoms. The molecule has 2 fully saturated rings. The Bertz CT molecular complexity index is 1020. The zero-order chi connectivity index (χ0) is 22.5. The third kappa shape index (κ3) is 4.27. The molecule has 1 N–H and O–H groups in total. The summed E-state index contributed by atoms with van der Waals surface area (Å²) in [4.78, 5) is 17.5. The van der Waals surface area contributed by atoms with Crippen LogP contribution in [0.1, 0.15) is 24.0 Å². The van der Waals surface area contributed by atoms with Gasteiger partial charge in [-0.15, -0.1) is 0 Å². The molecule has 0 unspecified atom stereocenters. The van der Waals surface area contributed by atoms with E-state index in [2.05, 4.69) is 15.1 Å². The van der Waals surface area contributed by atoms with Gasteiger partial charge in [0.2, 0.25) is 5.91 Å². The Kier molecular flexibility index (Phi) is 5.48. The molecule has 170 valence electrons. The summed E-state index contributed by atoms with van der Waals surface area (Å²) in [5.74, 6) is 0.0618. The summed E-state index contributed by atoms with van der Waals surface area (Å²) in [5.41, 5.74) is 1.73. The lowest BCUT2D eigenvalue weighted by Gasteiger charge is -2.49. The average Bonchev–Trinajstić information content (AvgIpc) is 3.60. The van der Waals surface area contributed by atoms with Crippen LogP contribution in [0, 0.1) is 11.8 Å². The number of alkyl halides is 3. The maximum absolute atomic E-state index is 13.3. The Morgan fingerprint density at radius 1 is 1.12 bits per heavy atom. The fraction of sp³-hybridized carbons (Fsp3) is 0.458. The van der Waals surface area contributed by atoms with Crippen molar-refractivity contribution < 1.29 is 18.0 Å². The van der Waals surface area contributed by atoms with E-state index in [1.807, 2.05) is 24.3 Å². The highest BCUT2D eigenvalue weighted by Crippen LogP contribution is 2.40. The summed E-state index contributed by atoms with van der Waals surface area (Å²) in [6.45, 7) is 2.59. The molecule has 0 radical (unpaired) electrons. The quantitative estimate of drug-likeness (QED) is 0.710. The molecule has 1 aliphatic carbocycles. The SMILES string of the molecule is O=C(NCC1CC1)[C@@H]1Cc2cc(C(F)(F)F)ccc2N2CCN(c3cccc(Cl)c3)C[C@@H]12. The number of benzene rings is 2. The molecule has 4 nitrogen and oxygen atoms in total. The van der Waals surface area contributed by atoms with Gasteiger partial charge in [-0.1, -0.05) is 17.7 Å². The smallest absolute Gasteiger partial charge is 0.368 e. The van der Waals surface area contributed by atoms with Crippen LogP contribution in [0.5, 0.6) is 0 Å². The first-order valence-corrected chi connectivity index (χ1v) is 11.4. The molecule has 2 aliphatic heterocycles. The van der Waals surface area contributed by atoms with Gasteiger partial charge in [0.1, 0.15) is 0 Å². The third-order valence-electron chi connectivity index (χ3n) is 6.81. The van der Waals surface area contributed by atoms with Crippen molar-refractivity contribution in [2.45, 2.75) is 31.5 Å². The summed E-state index contributed by atoms with van der Waals surface area (Å²) in [6, 6.07) is 11.4. The largest absolute Gasteiger partial charge is 0.416 e. The number of hydrogen-bond donors (Lipinski definition) is 1. The van der Waals surface area contributed by atoms with Gasteiger partial charge in [-0.2, -0.15) is 13.2 Å². The molecule has 1 saturated carbocycles. The minimum atomic E-state index is -4.40. The zero-order valence-corrected chi connectivity index (χ0v) is 18.3. The van der Waals surface area contributed by atoms with Crippen LogP contribution in [0.3, 0.4) is 0 Å². The molecule has 0 bridgehead atoms. The van der Waals surface area contributed by atoms with E-state index in [0.29, 0.717) is 49.1 Å². The Balaban J connectivity index is 1.45. The lowest BCUT2D eigenvalue weighted by Crippen LogP contribution is -2.61. The number of carbonyl (C=O) groups excluding carboxylic acids is 1. The predicted molar refractivity (Wildman–Crippen MR) is 119 cm³/mol. The third-order valence-corrected chi connectivity index (χ3v) is 7.05. The maximum Gasteiger partial charge on any atom is 0.416 e. The number of anilines is 2. The van der Waals surface area contributed by atoms with Crippen molar-refractivity contribution in [2.75, 3.05) is 36.0 Å². The van der Waals surface area contributed by atoms with E-state index in [1.165, 1.54) is 6.07 Å². The first-order valence-electron chi connectivity index (χ1n) is 11.0. The Morgan fingerprint density at radius 3 is 2.66 bits per heavy atom. The Labute approximate surface area is 190 Å². The summed E-state index contributed by atoms with van der Waals surface area (Å²) >= 11 is 6.18. The van der Waals surface area contributed by atoms with Crippen LogP contribution < -0.4 is 15.1 Å². The Morgan fingerprint density at radius 2 is 1.94 bits per heavy atom. The molecule has 5 rings (SSSR count). The van der Waals surface area contributed by atoms with E-state index in [-0.39, 0.29) is 11.9 Å². The molecule has 2 aromatic carbocycles. The van der Waals surface area contributed by atoms with E-state index in [0.717, 1.165) is 30.3 Å². The van der Waals surface area contributed by atoms with Gasteiger partial charge in [-0.3, -0.25) is 4.79 Å². The number of piperazine rings is 1. The number of fused-ring (bicyclic) bond motifs is 3. The van der Waals surface area contributed by atoms with Gasteiger partial charge in [0.05, 0.1) is 17.5 Å². The van der Waals surface area contributed by atoms with Crippen molar-refractivity contribution in [3.63, 3.8) is 0 Å². The standard InChI is InChI=1S/C24H25ClF3N3O/c25-18-2-1-3-19(12-18)30-8-9-31-21-7-6-17(24(26,27)28)10-16(21)11-20(22(31)14-30)23(32)29-13-15-4-5-15/h1-3,6-7,10,12,15,20,22H,4-5,8-9,11,13-14H2,(H,29,32)/t20-,22+/m1/s1. The number of rotatable bonds is 4. The molecular weight excluding hydrogens is 439 g/mol. The molecular formula is C24H25ClF3N3O. The van der Waals surface area contributed by atoms with Gasteiger partial charge in [0.25, 0.3) is 0 Å². The topological polar surface area (TPSA) is 35.6 Å². The molecule has 3 aliphatic rings. The second-order valence-electron chi connectivity index (χ2n) is 9.03. The summed E-state index contributed by atoms with van der Waals surface area (Å²) in [6.07, 6.45) is -1.84. The van der Waals surface area contributed by atoms with Gasteiger partial charge >= 0.3 is 6.18 Å². The fourth-order valence-electron chi connectivity index (χ4n) is 4.90. The molecule has 0 aromatic heterocycles. The van der Waals surface area contributed by atoms with Gasteiger partial charge in [0, 0.05) is 42.6 Å². The van der Waals surface area contributed by atoms with E-state index in [4.69, 9.17) is 11.6 Å². The molecule has 0 spiro atoms. The lowest BCUT2D eigenvalue weighted by atomic mass is 9.82. The number of halogens is 4. The van der Waals surface area contributed by atoms with E-state index in [9.17, 15) is 18.0 Å². The number of nitrogens with zero attached hydrogens (tertiary/aromatic N) is 2. The van der Waals surface area contributed by atoms with Crippen molar-refractivity contribution >= 4 is 28.9 Å². The van der Waals surface area contributed by atoms with Gasteiger partial charge in [-0.05, 0) is 67.1 Å². The highest BCUT2D eigenvalue weighted by Gasteiger charge is 2.43. The molecule has 1 saturated heterocycles. The molecule has 2 aromatic rings. The van der Waals surface area contributed by atoms with Crippen molar-refractivity contribution in [1.82, 2.24) is 5.32 Å². The maximum atomic E-state index is 13.3. The molecule has 2 atom stereocenters. The number of hydrogen-bond acceptors (Lipinski definition) is 3. The molecule has 1 amide bonds. The monoisotopic (exact) mass is 463 g/mol. The van der Waals surface area contributed by atoms with Crippen molar-refractivity contribution in [3.8, 4) is 0 Å². The zero-order valence-electron chi connectivity index (χ0n) is 17.5.